The third kappa shape index (κ3) is 16.7. The van der Waals surface area contributed by atoms with Crippen LogP contribution in [0.3, 0.4) is 0 Å². The van der Waals surface area contributed by atoms with E-state index in [1.165, 1.54) is 0 Å². The Morgan fingerprint density at radius 2 is 0.625 bits per heavy atom. The van der Waals surface area contributed by atoms with Crippen molar-refractivity contribution in [1.29, 1.82) is 0 Å². The van der Waals surface area contributed by atoms with Gasteiger partial charge < -0.3 is 39.1 Å². The van der Waals surface area contributed by atoms with E-state index in [1.807, 2.05) is 0 Å². The van der Waals surface area contributed by atoms with E-state index < -0.39 is 0 Å². The summed E-state index contributed by atoms with van der Waals surface area (Å²) in [5.41, 5.74) is 0.786. The van der Waals surface area contributed by atoms with Gasteiger partial charge in [0, 0.05) is 24.2 Å². The van der Waals surface area contributed by atoms with Crippen LogP contribution in [-0.4, -0.2) is 64.5 Å². The van der Waals surface area contributed by atoms with Gasteiger partial charge in [0.1, 0.15) is 0 Å². The van der Waals surface area contributed by atoms with Crippen LogP contribution in [0.25, 0.3) is 0 Å². The average Bonchev–Trinajstić information content (AvgIpc) is 3.21. The van der Waals surface area contributed by atoms with Gasteiger partial charge in [-0.2, -0.15) is 0 Å². The Balaban J connectivity index is 2.33. The molecule has 0 fully saturated rings. The van der Waals surface area contributed by atoms with Crippen molar-refractivity contribution >= 4 is 11.8 Å². The third-order valence-electron chi connectivity index (χ3n) is 10.6. The minimum Gasteiger partial charge on any atom is -0.489 e. The van der Waals surface area contributed by atoms with E-state index in [1.54, 1.807) is 24.3 Å². The van der Waals surface area contributed by atoms with Crippen molar-refractivity contribution in [3.63, 3.8) is 0 Å². The molecule has 318 valence electrons. The van der Waals surface area contributed by atoms with Crippen LogP contribution >= 0.6 is 0 Å². The lowest BCUT2D eigenvalue weighted by Gasteiger charge is -2.22. The van der Waals surface area contributed by atoms with Crippen LogP contribution in [0.15, 0.2) is 24.3 Å². The van der Waals surface area contributed by atoms with E-state index in [0.29, 0.717) is 121 Å². The molecule has 56 heavy (non-hydrogen) atoms. The summed E-state index contributed by atoms with van der Waals surface area (Å²) in [6, 6.07) is 6.91. The maximum atomic E-state index is 13.6. The van der Waals surface area contributed by atoms with E-state index >= 15 is 0 Å². The van der Waals surface area contributed by atoms with Crippen molar-refractivity contribution in [3.8, 4) is 34.5 Å². The summed E-state index contributed by atoms with van der Waals surface area (Å²) < 4.78 is 37.8. The fourth-order valence-corrected chi connectivity index (χ4v) is 4.77. The van der Waals surface area contributed by atoms with E-state index in [2.05, 4.69) is 93.7 Å². The van der Waals surface area contributed by atoms with Crippen LogP contribution in [0.5, 0.6) is 34.5 Å². The molecule has 2 amide bonds. The lowest BCUT2D eigenvalue weighted by atomic mass is 10.1. The minimum absolute atomic E-state index is 0.202. The van der Waals surface area contributed by atoms with Gasteiger partial charge in [-0.15, -0.1) is 0 Å². The zero-order valence-electron chi connectivity index (χ0n) is 36.9. The molecule has 0 heterocycles. The second-order valence-corrected chi connectivity index (χ2v) is 16.1. The highest BCUT2D eigenvalue weighted by Gasteiger charge is 2.23. The van der Waals surface area contributed by atoms with Gasteiger partial charge in [-0.3, -0.25) is 9.59 Å². The highest BCUT2D eigenvalue weighted by atomic mass is 16.5. The molecule has 0 aliphatic heterocycles. The van der Waals surface area contributed by atoms with Gasteiger partial charge in [-0.1, -0.05) is 122 Å². The van der Waals surface area contributed by atoms with Gasteiger partial charge in [-0.25, -0.2) is 0 Å². The number of benzene rings is 2. The minimum atomic E-state index is -0.307. The summed E-state index contributed by atoms with van der Waals surface area (Å²) in [5, 5.41) is 5.92. The quantitative estimate of drug-likeness (QED) is 0.0784. The van der Waals surface area contributed by atoms with E-state index in [-0.39, 0.29) is 24.9 Å². The van der Waals surface area contributed by atoms with Crippen molar-refractivity contribution in [2.45, 2.75) is 122 Å². The Bertz CT molecular complexity index is 1270. The molecule has 0 bridgehead atoms. The third-order valence-corrected chi connectivity index (χ3v) is 10.6. The van der Waals surface area contributed by atoms with Gasteiger partial charge in [0.2, 0.25) is 11.5 Å². The molecule has 2 aromatic carbocycles. The zero-order valence-corrected chi connectivity index (χ0v) is 36.9. The molecular weight excluding hydrogens is 709 g/mol. The van der Waals surface area contributed by atoms with Crippen molar-refractivity contribution in [1.82, 2.24) is 10.6 Å². The molecule has 2 N–H and O–H groups in total. The number of carbonyl (C=O) groups is 2. The summed E-state index contributed by atoms with van der Waals surface area (Å²) in [6.07, 6.45) is 5.79. The summed E-state index contributed by atoms with van der Waals surface area (Å²) >= 11 is 0. The summed E-state index contributed by atoms with van der Waals surface area (Å²) in [5.74, 6) is 4.35. The number of hydrogen-bond donors (Lipinski definition) is 2. The van der Waals surface area contributed by atoms with Crippen molar-refractivity contribution < 1.29 is 38.0 Å². The molecular formula is C46H76N2O8. The SMILES string of the molecule is CC[C@H](C)COc1cc(C(=O)NCCNC(=O)c2cc(OC[C@@H](C)CC)c(OC[C@@H](C)CC)c(OC[C@@H](C)CC)c2)cc(OC[C@@H](C)CC)c1OC[C@@H](C)CC. The lowest BCUT2D eigenvalue weighted by molar-refractivity contribution is 0.0926. The first-order valence-electron chi connectivity index (χ1n) is 21.5. The summed E-state index contributed by atoms with van der Waals surface area (Å²) in [6.45, 7) is 28.9. The maximum Gasteiger partial charge on any atom is 0.251 e. The number of carbonyl (C=O) groups excluding carboxylic acids is 2. The average molecular weight is 785 g/mol. The van der Waals surface area contributed by atoms with Crippen molar-refractivity contribution in [2.75, 3.05) is 52.7 Å². The fourth-order valence-electron chi connectivity index (χ4n) is 4.77. The number of amides is 2. The number of ether oxygens (including phenoxy) is 6. The number of nitrogens with one attached hydrogen (secondary N) is 2. The summed E-state index contributed by atoms with van der Waals surface area (Å²) in [4.78, 5) is 27.2. The molecule has 0 radical (unpaired) electrons. The largest absolute Gasteiger partial charge is 0.489 e. The predicted molar refractivity (Wildman–Crippen MR) is 227 cm³/mol. The topological polar surface area (TPSA) is 114 Å². The Labute approximate surface area is 339 Å². The van der Waals surface area contributed by atoms with Crippen LogP contribution in [0.1, 0.15) is 142 Å². The highest BCUT2D eigenvalue weighted by molar-refractivity contribution is 5.96. The first-order chi connectivity index (χ1) is 26.8. The van der Waals surface area contributed by atoms with Crippen LogP contribution < -0.4 is 39.1 Å². The molecule has 0 aromatic heterocycles. The first-order valence-corrected chi connectivity index (χ1v) is 21.5. The molecule has 0 aliphatic carbocycles. The van der Waals surface area contributed by atoms with Gasteiger partial charge in [0.05, 0.1) is 39.6 Å². The van der Waals surface area contributed by atoms with Crippen LogP contribution in [0, 0.1) is 35.5 Å². The normalized spacial score (nSPS) is 14.4. The smallest absolute Gasteiger partial charge is 0.251 e. The van der Waals surface area contributed by atoms with Crippen LogP contribution in [0.4, 0.5) is 0 Å². The predicted octanol–water partition coefficient (Wildman–Crippen LogP) is 10.4. The molecule has 0 saturated carbocycles. The number of hydrogen-bond acceptors (Lipinski definition) is 8. The van der Waals surface area contributed by atoms with Crippen LogP contribution in [-0.2, 0) is 0 Å². The molecule has 6 atom stereocenters. The Hall–Kier alpha value is -3.82. The molecule has 2 aromatic rings. The van der Waals surface area contributed by atoms with Crippen molar-refractivity contribution in [2.24, 2.45) is 35.5 Å². The van der Waals surface area contributed by atoms with E-state index in [4.69, 9.17) is 28.4 Å². The molecule has 0 unspecified atom stereocenters. The van der Waals surface area contributed by atoms with Gasteiger partial charge >= 0.3 is 0 Å². The van der Waals surface area contributed by atoms with Crippen LogP contribution in [0.2, 0.25) is 0 Å². The first kappa shape index (κ1) is 48.3. The van der Waals surface area contributed by atoms with E-state index in [9.17, 15) is 9.59 Å². The monoisotopic (exact) mass is 785 g/mol. The molecule has 0 saturated heterocycles. The second-order valence-electron chi connectivity index (χ2n) is 16.1. The Kier molecular flexibility index (Phi) is 22.6. The summed E-state index contributed by atoms with van der Waals surface area (Å²) in [7, 11) is 0. The molecule has 2 rings (SSSR count). The highest BCUT2D eigenvalue weighted by Crippen LogP contribution is 2.41. The molecule has 0 spiro atoms. The lowest BCUT2D eigenvalue weighted by Crippen LogP contribution is -2.34. The molecule has 10 heteroatoms. The zero-order chi connectivity index (χ0) is 41.6. The fraction of sp³-hybridized carbons (Fsp3) is 0.696. The Morgan fingerprint density at radius 1 is 0.411 bits per heavy atom. The maximum absolute atomic E-state index is 13.6. The Morgan fingerprint density at radius 3 is 0.839 bits per heavy atom. The van der Waals surface area contributed by atoms with Crippen molar-refractivity contribution in [3.05, 3.63) is 35.4 Å². The molecule has 10 nitrogen and oxygen atoms in total. The molecule has 0 aliphatic rings. The standard InChI is InChI=1S/C46H76N2O8/c1-13-31(7)25-51-39-21-37(22-40(52-26-32(8)14-2)43(39)55-29-35(11)17-5)45(49)47-19-20-48-46(50)38-23-41(53-27-33(9)15-3)44(56-30-36(12)18-6)42(24-38)54-28-34(10)16-4/h21-24,31-36H,13-20,25-30H2,1-12H3,(H,47,49)(H,48,50)/t31-,32-,33-,34-,35-,36-/m0/s1. The number of rotatable bonds is 29. The van der Waals surface area contributed by atoms with Gasteiger partial charge in [0.15, 0.2) is 23.0 Å². The van der Waals surface area contributed by atoms with E-state index in [0.717, 1.165) is 38.5 Å². The second kappa shape index (κ2) is 26.2. The van der Waals surface area contributed by atoms with Gasteiger partial charge in [0.25, 0.3) is 11.8 Å². The van der Waals surface area contributed by atoms with Gasteiger partial charge in [-0.05, 0) is 59.8 Å².